The van der Waals surface area contributed by atoms with Gasteiger partial charge in [-0.05, 0) is 53.6 Å². The second-order valence-corrected chi connectivity index (χ2v) is 6.08. The molecule has 0 spiro atoms. The van der Waals surface area contributed by atoms with Crippen LogP contribution in [0.3, 0.4) is 0 Å². The van der Waals surface area contributed by atoms with Crippen molar-refractivity contribution in [3.05, 3.63) is 84.4 Å². The van der Waals surface area contributed by atoms with Crippen LogP contribution in [0.1, 0.15) is 11.1 Å². The lowest BCUT2D eigenvalue weighted by molar-refractivity contribution is -0.274. The van der Waals surface area contributed by atoms with E-state index in [-0.39, 0.29) is 5.75 Å². The van der Waals surface area contributed by atoms with Gasteiger partial charge in [-0.1, -0.05) is 6.07 Å². The third kappa shape index (κ3) is 6.49. The summed E-state index contributed by atoms with van der Waals surface area (Å²) in [5.41, 5.74) is 2.06. The van der Waals surface area contributed by atoms with Crippen LogP contribution < -0.4 is 10.1 Å². The molecular weight excluding hydrogens is 385 g/mol. The maximum Gasteiger partial charge on any atom is 0.573 e. The number of carbonyl (C=O) groups excluding carboxylic acids is 1. The lowest BCUT2D eigenvalue weighted by Crippen LogP contribution is -2.34. The average Bonchev–Trinajstić information content (AvgIpc) is 2.69. The molecule has 2 aromatic heterocycles. The number of carbonyl (C=O) groups is 1. The number of nitrogens with zero attached hydrogens (tertiary/aromatic N) is 3. The summed E-state index contributed by atoms with van der Waals surface area (Å²) < 4.78 is 40.6. The molecule has 0 unspecified atom stereocenters. The van der Waals surface area contributed by atoms with Crippen molar-refractivity contribution in [2.75, 3.05) is 5.32 Å². The highest BCUT2D eigenvalue weighted by atomic mass is 19.4. The van der Waals surface area contributed by atoms with E-state index in [4.69, 9.17) is 0 Å². The van der Waals surface area contributed by atoms with Crippen LogP contribution in [0, 0.1) is 0 Å². The molecule has 2 heterocycles. The molecule has 0 aliphatic rings. The van der Waals surface area contributed by atoms with Gasteiger partial charge in [0.2, 0.25) is 0 Å². The van der Waals surface area contributed by atoms with Crippen LogP contribution in [-0.4, -0.2) is 27.3 Å². The van der Waals surface area contributed by atoms with Crippen molar-refractivity contribution in [3.8, 4) is 5.75 Å². The molecule has 6 nitrogen and oxygen atoms in total. The first-order valence-electron chi connectivity index (χ1n) is 8.58. The van der Waals surface area contributed by atoms with E-state index in [1.807, 2.05) is 6.07 Å². The summed E-state index contributed by atoms with van der Waals surface area (Å²) in [7, 11) is 0. The van der Waals surface area contributed by atoms with Gasteiger partial charge >= 0.3 is 12.4 Å². The lowest BCUT2D eigenvalue weighted by atomic mass is 10.2. The maximum atomic E-state index is 12.8. The average molecular weight is 402 g/mol. The molecule has 1 aromatic carbocycles. The molecular formula is C20H17F3N4O2. The Morgan fingerprint density at radius 1 is 0.931 bits per heavy atom. The van der Waals surface area contributed by atoms with Gasteiger partial charge in [-0.25, -0.2) is 4.79 Å². The van der Waals surface area contributed by atoms with E-state index in [1.54, 1.807) is 47.9 Å². The van der Waals surface area contributed by atoms with Crippen LogP contribution in [0.5, 0.6) is 5.75 Å². The molecule has 29 heavy (non-hydrogen) atoms. The number of urea groups is 1. The number of alkyl halides is 3. The zero-order valence-electron chi connectivity index (χ0n) is 15.1. The Balaban J connectivity index is 1.71. The minimum absolute atomic E-state index is 0.303. The summed E-state index contributed by atoms with van der Waals surface area (Å²) in [6.45, 7) is 0.621. The van der Waals surface area contributed by atoms with Crippen LogP contribution >= 0.6 is 0 Å². The van der Waals surface area contributed by atoms with Crippen LogP contribution in [0.2, 0.25) is 0 Å². The number of pyridine rings is 2. The minimum atomic E-state index is -4.77. The van der Waals surface area contributed by atoms with Crippen molar-refractivity contribution in [2.45, 2.75) is 19.5 Å². The van der Waals surface area contributed by atoms with Crippen LogP contribution in [0.15, 0.2) is 73.3 Å². The molecule has 0 aliphatic carbocycles. The molecule has 0 aliphatic heterocycles. The summed E-state index contributed by atoms with van der Waals surface area (Å²) in [6.07, 6.45) is 1.80. The van der Waals surface area contributed by atoms with Crippen molar-refractivity contribution in [1.82, 2.24) is 14.9 Å². The Labute approximate surface area is 165 Å². The third-order valence-corrected chi connectivity index (χ3v) is 3.85. The summed E-state index contributed by atoms with van der Waals surface area (Å²) in [5, 5.41) is 2.69. The van der Waals surface area contributed by atoms with Gasteiger partial charge in [0.05, 0.1) is 0 Å². The molecule has 2 amide bonds. The number of rotatable bonds is 6. The van der Waals surface area contributed by atoms with Gasteiger partial charge in [-0.2, -0.15) is 0 Å². The Morgan fingerprint density at radius 2 is 1.62 bits per heavy atom. The number of hydrogen-bond acceptors (Lipinski definition) is 4. The quantitative estimate of drug-likeness (QED) is 0.654. The van der Waals surface area contributed by atoms with E-state index in [0.717, 1.165) is 23.3 Å². The summed E-state index contributed by atoms with van der Waals surface area (Å²) in [5.74, 6) is -0.362. The Hall–Kier alpha value is -3.62. The van der Waals surface area contributed by atoms with Gasteiger partial charge in [-0.3, -0.25) is 9.97 Å². The summed E-state index contributed by atoms with van der Waals surface area (Å²) in [6, 6.07) is 11.8. The van der Waals surface area contributed by atoms with Gasteiger partial charge in [0.15, 0.2) is 0 Å². The molecule has 150 valence electrons. The number of nitrogens with one attached hydrogen (secondary N) is 1. The van der Waals surface area contributed by atoms with Gasteiger partial charge < -0.3 is 15.0 Å². The molecule has 3 aromatic rings. The monoisotopic (exact) mass is 402 g/mol. The second-order valence-electron chi connectivity index (χ2n) is 6.08. The first kappa shape index (κ1) is 20.1. The highest BCUT2D eigenvalue weighted by Crippen LogP contribution is 2.24. The van der Waals surface area contributed by atoms with Crippen molar-refractivity contribution >= 4 is 11.7 Å². The van der Waals surface area contributed by atoms with E-state index >= 15 is 0 Å². The number of amides is 2. The SMILES string of the molecule is O=C(Nc1ccc(OC(F)(F)F)cc1)N(Cc1ccncc1)Cc1cccnc1. The van der Waals surface area contributed by atoms with Gasteiger partial charge in [0.1, 0.15) is 5.75 Å². The molecule has 0 saturated carbocycles. The fraction of sp³-hybridized carbons (Fsp3) is 0.150. The predicted octanol–water partition coefficient (Wildman–Crippen LogP) is 4.61. The highest BCUT2D eigenvalue weighted by molar-refractivity contribution is 5.89. The van der Waals surface area contributed by atoms with Crippen molar-refractivity contribution < 1.29 is 22.7 Å². The number of anilines is 1. The lowest BCUT2D eigenvalue weighted by Gasteiger charge is -2.23. The second kappa shape index (κ2) is 9.05. The maximum absolute atomic E-state index is 12.8. The van der Waals surface area contributed by atoms with E-state index in [2.05, 4.69) is 20.0 Å². The third-order valence-electron chi connectivity index (χ3n) is 3.85. The van der Waals surface area contributed by atoms with Crippen LogP contribution in [0.4, 0.5) is 23.7 Å². The van der Waals surface area contributed by atoms with Gasteiger partial charge in [-0.15, -0.1) is 13.2 Å². The van der Waals surface area contributed by atoms with Crippen LogP contribution in [-0.2, 0) is 13.1 Å². The predicted molar refractivity (Wildman–Crippen MR) is 99.9 cm³/mol. The molecule has 1 N–H and O–H groups in total. The molecule has 0 radical (unpaired) electrons. The number of benzene rings is 1. The van der Waals surface area contributed by atoms with Gasteiger partial charge in [0.25, 0.3) is 0 Å². The fourth-order valence-electron chi connectivity index (χ4n) is 2.56. The fourth-order valence-corrected chi connectivity index (χ4v) is 2.56. The first-order chi connectivity index (χ1) is 13.9. The van der Waals surface area contributed by atoms with E-state index in [0.29, 0.717) is 18.8 Å². The highest BCUT2D eigenvalue weighted by Gasteiger charge is 2.31. The molecule has 0 fully saturated rings. The Bertz CT molecular complexity index is 878. The number of hydrogen-bond donors (Lipinski definition) is 1. The van der Waals surface area contributed by atoms with Crippen molar-refractivity contribution in [3.63, 3.8) is 0 Å². The molecule has 0 bridgehead atoms. The number of aromatic nitrogens is 2. The van der Waals surface area contributed by atoms with Gasteiger partial charge in [0, 0.05) is 43.6 Å². The Kier molecular flexibility index (Phi) is 6.28. The standard InChI is InChI=1S/C20H17F3N4O2/c21-20(22,23)29-18-5-3-17(4-6-18)26-19(28)27(13-15-7-10-24-11-8-15)14-16-2-1-9-25-12-16/h1-12H,13-14H2,(H,26,28). The molecule has 0 atom stereocenters. The summed E-state index contributed by atoms with van der Waals surface area (Å²) >= 11 is 0. The first-order valence-corrected chi connectivity index (χ1v) is 8.58. The van der Waals surface area contributed by atoms with Crippen molar-refractivity contribution in [1.29, 1.82) is 0 Å². The Morgan fingerprint density at radius 3 is 2.24 bits per heavy atom. The normalized spacial score (nSPS) is 11.0. The number of halogens is 3. The smallest absolute Gasteiger partial charge is 0.406 e. The molecule has 0 saturated heterocycles. The van der Waals surface area contributed by atoms with E-state index in [9.17, 15) is 18.0 Å². The largest absolute Gasteiger partial charge is 0.573 e. The van der Waals surface area contributed by atoms with E-state index < -0.39 is 12.4 Å². The number of ether oxygens (including phenoxy) is 1. The summed E-state index contributed by atoms with van der Waals surface area (Å²) in [4.78, 5) is 22.4. The zero-order valence-corrected chi connectivity index (χ0v) is 15.1. The van der Waals surface area contributed by atoms with E-state index in [1.165, 1.54) is 12.1 Å². The van der Waals surface area contributed by atoms with Crippen molar-refractivity contribution in [2.24, 2.45) is 0 Å². The van der Waals surface area contributed by atoms with Crippen LogP contribution in [0.25, 0.3) is 0 Å². The topological polar surface area (TPSA) is 67.3 Å². The zero-order chi connectivity index (χ0) is 20.7. The molecule has 3 rings (SSSR count). The molecule has 9 heteroatoms. The minimum Gasteiger partial charge on any atom is -0.406 e.